The number of hydrogen-bond acceptors (Lipinski definition) is 3. The molecule has 1 saturated heterocycles. The van der Waals surface area contributed by atoms with E-state index in [0.717, 1.165) is 38.2 Å². The number of guanidine groups is 1. The molecule has 0 atom stereocenters. The van der Waals surface area contributed by atoms with Crippen LogP contribution in [0.25, 0.3) is 0 Å². The molecule has 0 bridgehead atoms. The predicted octanol–water partition coefficient (Wildman–Crippen LogP) is 2.52. The zero-order valence-electron chi connectivity index (χ0n) is 15.9. The highest BCUT2D eigenvalue weighted by atomic mass is 127. The lowest BCUT2D eigenvalue weighted by Gasteiger charge is -2.32. The van der Waals surface area contributed by atoms with Crippen LogP contribution in [-0.4, -0.2) is 73.7 Å². The van der Waals surface area contributed by atoms with Gasteiger partial charge in [-0.25, -0.2) is 0 Å². The Hall–Kier alpha value is -0.0800. The van der Waals surface area contributed by atoms with Crippen molar-refractivity contribution < 1.29 is 0 Å². The van der Waals surface area contributed by atoms with Crippen molar-refractivity contribution in [2.24, 2.45) is 4.99 Å². The number of halogens is 1. The fourth-order valence-electron chi connectivity index (χ4n) is 3.46. The molecule has 5 nitrogen and oxygen atoms in total. The molecule has 6 heteroatoms. The van der Waals surface area contributed by atoms with E-state index >= 15 is 0 Å². The summed E-state index contributed by atoms with van der Waals surface area (Å²) in [6.07, 6.45) is 6.48. The molecule has 24 heavy (non-hydrogen) atoms. The van der Waals surface area contributed by atoms with E-state index in [0.29, 0.717) is 6.04 Å². The highest BCUT2D eigenvalue weighted by Crippen LogP contribution is 2.25. The van der Waals surface area contributed by atoms with Crippen LogP contribution < -0.4 is 10.6 Å². The van der Waals surface area contributed by atoms with E-state index in [4.69, 9.17) is 4.99 Å². The number of nitrogens with zero attached hydrogens (tertiary/aromatic N) is 3. The molecule has 0 unspecified atom stereocenters. The third-order valence-corrected chi connectivity index (χ3v) is 4.94. The molecule has 0 aromatic rings. The van der Waals surface area contributed by atoms with Gasteiger partial charge in [0.05, 0.1) is 6.54 Å². The summed E-state index contributed by atoms with van der Waals surface area (Å²) in [7, 11) is 0. The van der Waals surface area contributed by atoms with Gasteiger partial charge >= 0.3 is 0 Å². The van der Waals surface area contributed by atoms with Crippen LogP contribution in [0.4, 0.5) is 0 Å². The summed E-state index contributed by atoms with van der Waals surface area (Å²) in [5, 5.41) is 7.06. The van der Waals surface area contributed by atoms with E-state index < -0.39 is 0 Å². The largest absolute Gasteiger partial charge is 0.357 e. The molecule has 2 fully saturated rings. The first-order valence-electron chi connectivity index (χ1n) is 9.78. The number of piperidine rings is 1. The van der Waals surface area contributed by atoms with Gasteiger partial charge in [-0.2, -0.15) is 0 Å². The number of rotatable bonds is 9. The molecule has 0 aromatic carbocycles. The molecule has 142 valence electrons. The normalized spacial score (nSPS) is 20.1. The van der Waals surface area contributed by atoms with Crippen LogP contribution in [0.15, 0.2) is 4.99 Å². The van der Waals surface area contributed by atoms with Gasteiger partial charge in [0, 0.05) is 38.3 Å². The van der Waals surface area contributed by atoms with Gasteiger partial charge in [-0.1, -0.05) is 13.8 Å². The van der Waals surface area contributed by atoms with Gasteiger partial charge in [-0.3, -0.25) is 9.89 Å². The molecular formula is C18H38IN5. The van der Waals surface area contributed by atoms with Gasteiger partial charge in [0.2, 0.25) is 0 Å². The van der Waals surface area contributed by atoms with Gasteiger partial charge in [-0.05, 0) is 52.1 Å². The minimum atomic E-state index is 0. The van der Waals surface area contributed by atoms with Crippen molar-refractivity contribution in [2.45, 2.75) is 65.0 Å². The minimum Gasteiger partial charge on any atom is -0.357 e. The minimum absolute atomic E-state index is 0. The molecule has 0 spiro atoms. The summed E-state index contributed by atoms with van der Waals surface area (Å²) < 4.78 is 0. The van der Waals surface area contributed by atoms with Crippen molar-refractivity contribution in [1.29, 1.82) is 0 Å². The first-order valence-corrected chi connectivity index (χ1v) is 9.78. The van der Waals surface area contributed by atoms with Gasteiger partial charge in [-0.15, -0.1) is 24.0 Å². The lowest BCUT2D eigenvalue weighted by molar-refractivity contribution is 0.206. The lowest BCUT2D eigenvalue weighted by Crippen LogP contribution is -2.49. The van der Waals surface area contributed by atoms with E-state index in [-0.39, 0.29) is 24.0 Å². The lowest BCUT2D eigenvalue weighted by atomic mass is 10.1. The predicted molar refractivity (Wildman–Crippen MR) is 115 cm³/mol. The Balaban J connectivity index is 0.00000288. The second kappa shape index (κ2) is 12.3. The average molecular weight is 451 g/mol. The molecule has 2 N–H and O–H groups in total. The number of nitrogens with one attached hydrogen (secondary N) is 2. The van der Waals surface area contributed by atoms with Crippen molar-refractivity contribution in [3.05, 3.63) is 0 Å². The Morgan fingerprint density at radius 1 is 1.12 bits per heavy atom. The second-order valence-corrected chi connectivity index (χ2v) is 6.88. The maximum Gasteiger partial charge on any atom is 0.191 e. The highest BCUT2D eigenvalue weighted by molar-refractivity contribution is 14.0. The van der Waals surface area contributed by atoms with Gasteiger partial charge in [0.1, 0.15) is 0 Å². The third-order valence-electron chi connectivity index (χ3n) is 4.94. The standard InChI is InChI=1S/C18H37N5.HI/c1-4-12-22-13-9-16(10-14-22)21-18(19-5-2)20-11-15-23(6-3)17-7-8-17;/h16-17H,4-15H2,1-3H3,(H2,19,20,21);1H. The molecule has 2 rings (SSSR count). The van der Waals surface area contributed by atoms with Crippen LogP contribution in [-0.2, 0) is 0 Å². The summed E-state index contributed by atoms with van der Waals surface area (Å²) in [5.74, 6) is 1.01. The first kappa shape index (κ1) is 22.0. The van der Waals surface area contributed by atoms with Crippen molar-refractivity contribution in [3.8, 4) is 0 Å². The zero-order chi connectivity index (χ0) is 16.5. The van der Waals surface area contributed by atoms with Crippen LogP contribution in [0.1, 0.15) is 52.9 Å². The molecule has 1 saturated carbocycles. The van der Waals surface area contributed by atoms with E-state index in [1.54, 1.807) is 0 Å². The Bertz CT molecular complexity index is 351. The summed E-state index contributed by atoms with van der Waals surface area (Å²) >= 11 is 0. The fraction of sp³-hybridized carbons (Fsp3) is 0.944. The molecule has 1 heterocycles. The van der Waals surface area contributed by atoms with Gasteiger partial charge < -0.3 is 15.5 Å². The average Bonchev–Trinajstić information content (AvgIpc) is 3.38. The Labute approximate surface area is 166 Å². The van der Waals surface area contributed by atoms with E-state index in [1.165, 1.54) is 51.7 Å². The van der Waals surface area contributed by atoms with Crippen LogP contribution in [0.5, 0.6) is 0 Å². The molecule has 2 aliphatic rings. The molecule has 1 aliphatic heterocycles. The number of likely N-dealkylation sites (tertiary alicyclic amines) is 1. The van der Waals surface area contributed by atoms with E-state index in [1.807, 2.05) is 0 Å². The molecule has 0 aromatic heterocycles. The summed E-state index contributed by atoms with van der Waals surface area (Å²) in [6.45, 7) is 14.4. The van der Waals surface area contributed by atoms with Gasteiger partial charge in [0.25, 0.3) is 0 Å². The van der Waals surface area contributed by atoms with Crippen LogP contribution >= 0.6 is 24.0 Å². The van der Waals surface area contributed by atoms with Crippen molar-refractivity contribution in [1.82, 2.24) is 20.4 Å². The van der Waals surface area contributed by atoms with Crippen molar-refractivity contribution >= 4 is 29.9 Å². The second-order valence-electron chi connectivity index (χ2n) is 6.88. The molecule has 1 aliphatic carbocycles. The van der Waals surface area contributed by atoms with E-state index in [2.05, 4.69) is 41.2 Å². The topological polar surface area (TPSA) is 42.9 Å². The fourth-order valence-corrected chi connectivity index (χ4v) is 3.46. The Morgan fingerprint density at radius 3 is 2.38 bits per heavy atom. The number of likely N-dealkylation sites (N-methyl/N-ethyl adjacent to an activating group) is 1. The summed E-state index contributed by atoms with van der Waals surface area (Å²) in [4.78, 5) is 9.95. The highest BCUT2D eigenvalue weighted by Gasteiger charge is 2.27. The number of hydrogen-bond donors (Lipinski definition) is 2. The maximum absolute atomic E-state index is 4.80. The quantitative estimate of drug-likeness (QED) is 0.321. The van der Waals surface area contributed by atoms with Gasteiger partial charge in [0.15, 0.2) is 5.96 Å². The van der Waals surface area contributed by atoms with Crippen LogP contribution in [0.3, 0.4) is 0 Å². The monoisotopic (exact) mass is 451 g/mol. The Morgan fingerprint density at radius 2 is 1.83 bits per heavy atom. The van der Waals surface area contributed by atoms with Crippen LogP contribution in [0.2, 0.25) is 0 Å². The summed E-state index contributed by atoms with van der Waals surface area (Å²) in [6, 6.07) is 1.42. The smallest absolute Gasteiger partial charge is 0.191 e. The maximum atomic E-state index is 4.80. The molecular weight excluding hydrogens is 413 g/mol. The SMILES string of the molecule is CCCN1CCC(NC(=NCCN(CC)C2CC2)NCC)CC1.I. The number of aliphatic imine (C=N–C) groups is 1. The zero-order valence-corrected chi connectivity index (χ0v) is 18.2. The van der Waals surface area contributed by atoms with Crippen molar-refractivity contribution in [3.63, 3.8) is 0 Å². The van der Waals surface area contributed by atoms with E-state index in [9.17, 15) is 0 Å². The van der Waals surface area contributed by atoms with Crippen molar-refractivity contribution in [2.75, 3.05) is 45.8 Å². The third kappa shape index (κ3) is 7.87. The molecule has 0 amide bonds. The first-order chi connectivity index (χ1) is 11.3. The summed E-state index contributed by atoms with van der Waals surface area (Å²) in [5.41, 5.74) is 0. The van der Waals surface area contributed by atoms with Crippen LogP contribution in [0, 0.1) is 0 Å². The Kier molecular flexibility index (Phi) is 11.3. The molecule has 0 radical (unpaired) electrons.